The third-order valence-electron chi connectivity index (χ3n) is 3.48. The monoisotopic (exact) mass is 266 g/mol. The molecule has 1 aromatic rings. The highest BCUT2D eigenvalue weighted by atomic mass is 32.1. The first kappa shape index (κ1) is 14.0. The number of aromatic nitrogens is 1. The van der Waals surface area contributed by atoms with E-state index in [0.29, 0.717) is 17.9 Å². The number of thiazole rings is 1. The Morgan fingerprint density at radius 2 is 2.11 bits per heavy atom. The number of hydrogen-bond donors (Lipinski definition) is 1. The average molecular weight is 266 g/mol. The maximum atomic E-state index is 4.91. The summed E-state index contributed by atoms with van der Waals surface area (Å²) in [6.45, 7) is 10.3. The normalized spacial score (nSPS) is 20.2. The van der Waals surface area contributed by atoms with Crippen molar-refractivity contribution in [2.45, 2.75) is 65.3 Å². The Hall–Kier alpha value is -0.410. The molecule has 1 saturated heterocycles. The van der Waals surface area contributed by atoms with Gasteiger partial charge in [-0.1, -0.05) is 27.7 Å². The van der Waals surface area contributed by atoms with E-state index < -0.39 is 0 Å². The maximum Gasteiger partial charge on any atom is 0.0946 e. The fourth-order valence-electron chi connectivity index (χ4n) is 2.63. The first-order chi connectivity index (χ1) is 8.56. The molecule has 1 aliphatic rings. The lowest BCUT2D eigenvalue weighted by molar-refractivity contribution is 0.595. The molecule has 0 bridgehead atoms. The van der Waals surface area contributed by atoms with Crippen molar-refractivity contribution in [2.75, 3.05) is 6.54 Å². The van der Waals surface area contributed by atoms with E-state index in [1.54, 1.807) is 0 Å². The smallest absolute Gasteiger partial charge is 0.0946 e. The van der Waals surface area contributed by atoms with Crippen molar-refractivity contribution < 1.29 is 0 Å². The molecule has 0 amide bonds. The third kappa shape index (κ3) is 3.55. The minimum Gasteiger partial charge on any atom is -0.314 e. The highest BCUT2D eigenvalue weighted by Gasteiger charge is 2.19. The molecule has 18 heavy (non-hydrogen) atoms. The molecule has 1 aromatic heterocycles. The van der Waals surface area contributed by atoms with Crippen LogP contribution in [-0.2, 0) is 12.8 Å². The predicted molar refractivity (Wildman–Crippen MR) is 79.5 cm³/mol. The molecule has 0 saturated carbocycles. The quantitative estimate of drug-likeness (QED) is 0.878. The molecular formula is C15H26N2S. The van der Waals surface area contributed by atoms with Gasteiger partial charge in [0.15, 0.2) is 0 Å². The average Bonchev–Trinajstić information content (AvgIpc) is 2.87. The molecule has 1 N–H and O–H groups in total. The summed E-state index contributed by atoms with van der Waals surface area (Å²) in [6.07, 6.45) is 4.90. The molecule has 1 atom stereocenters. The van der Waals surface area contributed by atoms with E-state index in [9.17, 15) is 0 Å². The van der Waals surface area contributed by atoms with Gasteiger partial charge in [0.1, 0.15) is 0 Å². The molecular weight excluding hydrogens is 240 g/mol. The fraction of sp³-hybridized carbons (Fsp3) is 0.800. The van der Waals surface area contributed by atoms with Crippen molar-refractivity contribution >= 4 is 11.3 Å². The van der Waals surface area contributed by atoms with Crippen LogP contribution in [0.5, 0.6) is 0 Å². The van der Waals surface area contributed by atoms with E-state index in [0.717, 1.165) is 12.8 Å². The molecule has 2 heterocycles. The van der Waals surface area contributed by atoms with Crippen LogP contribution >= 0.6 is 11.3 Å². The Balaban J connectivity index is 2.10. The van der Waals surface area contributed by atoms with Crippen molar-refractivity contribution in [1.29, 1.82) is 0 Å². The van der Waals surface area contributed by atoms with Gasteiger partial charge in [-0.2, -0.15) is 0 Å². The summed E-state index contributed by atoms with van der Waals surface area (Å²) in [7, 11) is 0. The summed E-state index contributed by atoms with van der Waals surface area (Å²) in [5.41, 5.74) is 1.36. The van der Waals surface area contributed by atoms with E-state index in [-0.39, 0.29) is 0 Å². The van der Waals surface area contributed by atoms with Gasteiger partial charge in [0, 0.05) is 17.3 Å². The zero-order chi connectivity index (χ0) is 13.1. The Labute approximate surface area is 115 Å². The summed E-state index contributed by atoms with van der Waals surface area (Å²) in [5.74, 6) is 1.31. The standard InChI is InChI=1S/C15H26N2S/c1-10(2)8-13-15(11(3)4)18-14(17-13)9-12-6-5-7-16-12/h10-12,16H,5-9H2,1-4H3. The molecule has 2 rings (SSSR count). The van der Waals surface area contributed by atoms with Gasteiger partial charge >= 0.3 is 0 Å². The van der Waals surface area contributed by atoms with Crippen molar-refractivity contribution in [2.24, 2.45) is 5.92 Å². The van der Waals surface area contributed by atoms with Crippen LogP contribution in [0, 0.1) is 5.92 Å². The predicted octanol–water partition coefficient (Wildman–Crippen LogP) is 3.76. The van der Waals surface area contributed by atoms with Gasteiger partial charge in [-0.3, -0.25) is 0 Å². The molecule has 0 radical (unpaired) electrons. The van der Waals surface area contributed by atoms with E-state index in [1.165, 1.54) is 35.0 Å². The van der Waals surface area contributed by atoms with Gasteiger partial charge in [0.05, 0.1) is 10.7 Å². The van der Waals surface area contributed by atoms with E-state index >= 15 is 0 Å². The lowest BCUT2D eigenvalue weighted by Crippen LogP contribution is -2.23. The van der Waals surface area contributed by atoms with E-state index in [2.05, 4.69) is 33.0 Å². The number of rotatable bonds is 5. The van der Waals surface area contributed by atoms with Gasteiger partial charge in [-0.05, 0) is 37.6 Å². The third-order valence-corrected chi connectivity index (χ3v) is 4.90. The van der Waals surface area contributed by atoms with Gasteiger partial charge in [0.25, 0.3) is 0 Å². The second kappa shape index (κ2) is 6.16. The first-order valence-corrected chi connectivity index (χ1v) is 8.09. The summed E-state index contributed by atoms with van der Waals surface area (Å²) in [6, 6.07) is 0.670. The number of nitrogens with zero attached hydrogens (tertiary/aromatic N) is 1. The molecule has 1 unspecified atom stereocenters. The topological polar surface area (TPSA) is 24.9 Å². The van der Waals surface area contributed by atoms with Crippen LogP contribution in [0.4, 0.5) is 0 Å². The van der Waals surface area contributed by atoms with Gasteiger partial charge in [-0.25, -0.2) is 4.98 Å². The second-order valence-corrected chi connectivity index (χ2v) is 7.28. The lowest BCUT2D eigenvalue weighted by Gasteiger charge is -2.06. The minimum absolute atomic E-state index is 0.613. The Morgan fingerprint density at radius 3 is 2.67 bits per heavy atom. The lowest BCUT2D eigenvalue weighted by atomic mass is 10.0. The summed E-state index contributed by atoms with van der Waals surface area (Å²) in [4.78, 5) is 6.42. The zero-order valence-electron chi connectivity index (χ0n) is 12.1. The van der Waals surface area contributed by atoms with E-state index in [4.69, 9.17) is 4.98 Å². The molecule has 0 aromatic carbocycles. The molecule has 3 heteroatoms. The summed E-state index contributed by atoms with van der Waals surface area (Å²) >= 11 is 1.95. The van der Waals surface area contributed by atoms with Crippen molar-refractivity contribution in [3.05, 3.63) is 15.6 Å². The van der Waals surface area contributed by atoms with Crippen LogP contribution in [0.2, 0.25) is 0 Å². The highest BCUT2D eigenvalue weighted by molar-refractivity contribution is 7.11. The summed E-state index contributed by atoms with van der Waals surface area (Å²) in [5, 5.41) is 4.91. The number of nitrogens with one attached hydrogen (secondary N) is 1. The largest absolute Gasteiger partial charge is 0.314 e. The minimum atomic E-state index is 0.613. The second-order valence-electron chi connectivity index (χ2n) is 6.17. The van der Waals surface area contributed by atoms with Crippen molar-refractivity contribution in [3.8, 4) is 0 Å². The van der Waals surface area contributed by atoms with Crippen molar-refractivity contribution in [1.82, 2.24) is 10.3 Å². The Morgan fingerprint density at radius 1 is 1.33 bits per heavy atom. The molecule has 0 aliphatic carbocycles. The fourth-order valence-corrected chi connectivity index (χ4v) is 3.80. The molecule has 1 aliphatic heterocycles. The first-order valence-electron chi connectivity index (χ1n) is 7.28. The molecule has 102 valence electrons. The van der Waals surface area contributed by atoms with Gasteiger partial charge < -0.3 is 5.32 Å². The van der Waals surface area contributed by atoms with Gasteiger partial charge in [0.2, 0.25) is 0 Å². The number of hydrogen-bond acceptors (Lipinski definition) is 3. The van der Waals surface area contributed by atoms with Crippen LogP contribution < -0.4 is 5.32 Å². The Kier molecular flexibility index (Phi) is 4.79. The highest BCUT2D eigenvalue weighted by Crippen LogP contribution is 2.29. The van der Waals surface area contributed by atoms with E-state index in [1.807, 2.05) is 11.3 Å². The maximum absolute atomic E-state index is 4.91. The van der Waals surface area contributed by atoms with Crippen LogP contribution in [0.3, 0.4) is 0 Å². The van der Waals surface area contributed by atoms with Crippen LogP contribution in [0.1, 0.15) is 62.0 Å². The summed E-state index contributed by atoms with van der Waals surface area (Å²) < 4.78 is 0. The van der Waals surface area contributed by atoms with Gasteiger partial charge in [-0.15, -0.1) is 11.3 Å². The molecule has 1 fully saturated rings. The van der Waals surface area contributed by atoms with Crippen LogP contribution in [0.25, 0.3) is 0 Å². The SMILES string of the molecule is CC(C)Cc1nc(CC2CCCN2)sc1C(C)C. The Bertz CT molecular complexity index is 376. The zero-order valence-corrected chi connectivity index (χ0v) is 12.9. The molecule has 0 spiro atoms. The molecule has 2 nitrogen and oxygen atoms in total. The van der Waals surface area contributed by atoms with Crippen molar-refractivity contribution in [3.63, 3.8) is 0 Å². The van der Waals surface area contributed by atoms with Crippen LogP contribution in [0.15, 0.2) is 0 Å². The van der Waals surface area contributed by atoms with Crippen LogP contribution in [-0.4, -0.2) is 17.6 Å².